The molecule has 0 aliphatic rings. The molecule has 2 aromatic carbocycles. The van der Waals surface area contributed by atoms with Gasteiger partial charge in [-0.05, 0) is 17.7 Å². The first-order valence-corrected chi connectivity index (χ1v) is 8.12. The molecule has 2 N–H and O–H groups in total. The Morgan fingerprint density at radius 2 is 1.48 bits per heavy atom. The summed E-state index contributed by atoms with van der Waals surface area (Å²) in [5, 5.41) is 6.42. The van der Waals surface area contributed by atoms with E-state index in [1.807, 2.05) is 48.5 Å². The summed E-state index contributed by atoms with van der Waals surface area (Å²) in [5.74, 6) is 1.62. The van der Waals surface area contributed by atoms with Crippen LogP contribution in [0.2, 0.25) is 0 Å². The number of para-hydroxylation sites is 1. The van der Waals surface area contributed by atoms with Gasteiger partial charge in [0.05, 0.1) is 19.8 Å². The maximum Gasteiger partial charge on any atom is 0.191 e. The minimum atomic E-state index is 0. The van der Waals surface area contributed by atoms with Crippen molar-refractivity contribution in [3.63, 3.8) is 0 Å². The van der Waals surface area contributed by atoms with Gasteiger partial charge in [0.25, 0.3) is 0 Å². The van der Waals surface area contributed by atoms with Crippen LogP contribution in [-0.4, -0.2) is 39.3 Å². The van der Waals surface area contributed by atoms with Crippen molar-refractivity contribution >= 4 is 29.9 Å². The van der Waals surface area contributed by atoms with Crippen molar-refractivity contribution in [2.45, 2.75) is 6.61 Å². The first kappa shape index (κ1) is 21.2. The number of hydrogen-bond acceptors (Lipinski definition) is 3. The summed E-state index contributed by atoms with van der Waals surface area (Å²) in [7, 11) is 1.75. The minimum Gasteiger partial charge on any atom is -0.492 e. The van der Waals surface area contributed by atoms with Gasteiger partial charge in [0.15, 0.2) is 5.96 Å². The van der Waals surface area contributed by atoms with E-state index in [-0.39, 0.29) is 24.0 Å². The lowest BCUT2D eigenvalue weighted by atomic mass is 10.2. The van der Waals surface area contributed by atoms with E-state index in [9.17, 15) is 0 Å². The molecule has 0 amide bonds. The molecular weight excluding hydrogens is 429 g/mol. The van der Waals surface area contributed by atoms with Gasteiger partial charge in [-0.3, -0.25) is 4.99 Å². The number of hydrogen-bond donors (Lipinski definition) is 2. The van der Waals surface area contributed by atoms with Crippen molar-refractivity contribution in [2.24, 2.45) is 4.99 Å². The summed E-state index contributed by atoms with van der Waals surface area (Å²) in [6.07, 6.45) is 0. The van der Waals surface area contributed by atoms with E-state index in [0.717, 1.165) is 11.7 Å². The largest absolute Gasteiger partial charge is 0.492 e. The first-order chi connectivity index (χ1) is 11.9. The highest BCUT2D eigenvalue weighted by molar-refractivity contribution is 14.0. The molecule has 0 fully saturated rings. The number of guanidine groups is 1. The molecule has 0 atom stereocenters. The SMILES string of the molecule is CN=C(NCCOCc1ccccc1)NCCOc1ccccc1.I. The highest BCUT2D eigenvalue weighted by atomic mass is 127. The fraction of sp³-hybridized carbons (Fsp3) is 0.316. The van der Waals surface area contributed by atoms with E-state index in [1.54, 1.807) is 7.05 Å². The van der Waals surface area contributed by atoms with Gasteiger partial charge in [0, 0.05) is 13.6 Å². The van der Waals surface area contributed by atoms with Gasteiger partial charge in [0.1, 0.15) is 12.4 Å². The predicted octanol–water partition coefficient (Wildman–Crippen LogP) is 3.07. The van der Waals surface area contributed by atoms with E-state index in [0.29, 0.717) is 32.9 Å². The van der Waals surface area contributed by atoms with Crippen molar-refractivity contribution in [2.75, 3.05) is 33.4 Å². The van der Waals surface area contributed by atoms with Crippen molar-refractivity contribution in [3.05, 3.63) is 66.2 Å². The standard InChI is InChI=1S/C19H25N3O2.HI/c1-20-19(22-13-15-24-18-10-6-3-7-11-18)21-12-14-23-16-17-8-4-2-5-9-17;/h2-11H,12-16H2,1H3,(H2,20,21,22);1H. The molecule has 136 valence electrons. The fourth-order valence-electron chi connectivity index (χ4n) is 2.08. The first-order valence-electron chi connectivity index (χ1n) is 8.12. The molecule has 0 bridgehead atoms. The Morgan fingerprint density at radius 3 is 2.12 bits per heavy atom. The van der Waals surface area contributed by atoms with Gasteiger partial charge in [-0.25, -0.2) is 0 Å². The van der Waals surface area contributed by atoms with Gasteiger partial charge < -0.3 is 20.1 Å². The summed E-state index contributed by atoms with van der Waals surface area (Å²) >= 11 is 0. The third-order valence-electron chi connectivity index (χ3n) is 3.28. The number of nitrogens with zero attached hydrogens (tertiary/aromatic N) is 1. The highest BCUT2D eigenvalue weighted by Crippen LogP contribution is 2.07. The number of ether oxygens (including phenoxy) is 2. The molecule has 0 saturated heterocycles. The molecule has 2 aromatic rings. The Bertz CT molecular complexity index is 594. The third kappa shape index (κ3) is 9.31. The third-order valence-corrected chi connectivity index (χ3v) is 3.28. The molecule has 0 aliphatic carbocycles. The average molecular weight is 455 g/mol. The van der Waals surface area contributed by atoms with Gasteiger partial charge in [-0.15, -0.1) is 24.0 Å². The maximum atomic E-state index is 5.63. The summed E-state index contributed by atoms with van der Waals surface area (Å²) < 4.78 is 11.3. The van der Waals surface area contributed by atoms with Crippen LogP contribution in [0.1, 0.15) is 5.56 Å². The van der Waals surface area contributed by atoms with Crippen LogP contribution in [0, 0.1) is 0 Å². The maximum absolute atomic E-state index is 5.63. The quantitative estimate of drug-likeness (QED) is 0.264. The second-order valence-electron chi connectivity index (χ2n) is 5.13. The fourth-order valence-corrected chi connectivity index (χ4v) is 2.08. The Morgan fingerprint density at radius 1 is 0.880 bits per heavy atom. The van der Waals surface area contributed by atoms with Gasteiger partial charge in [-0.1, -0.05) is 48.5 Å². The molecule has 0 spiro atoms. The number of aliphatic imine (C=N–C) groups is 1. The second-order valence-corrected chi connectivity index (χ2v) is 5.13. The van der Waals surface area contributed by atoms with Crippen LogP contribution in [0.15, 0.2) is 65.7 Å². The van der Waals surface area contributed by atoms with E-state index in [2.05, 4.69) is 27.8 Å². The lowest BCUT2D eigenvalue weighted by Gasteiger charge is -2.12. The van der Waals surface area contributed by atoms with Gasteiger partial charge in [-0.2, -0.15) is 0 Å². The molecule has 5 nitrogen and oxygen atoms in total. The molecule has 0 saturated carbocycles. The summed E-state index contributed by atoms with van der Waals surface area (Å²) in [5.41, 5.74) is 1.18. The number of rotatable bonds is 9. The molecule has 0 unspecified atom stereocenters. The topological polar surface area (TPSA) is 54.9 Å². The molecule has 0 aromatic heterocycles. The highest BCUT2D eigenvalue weighted by Gasteiger charge is 1.98. The zero-order valence-corrected chi connectivity index (χ0v) is 16.8. The van der Waals surface area contributed by atoms with Crippen LogP contribution in [0.25, 0.3) is 0 Å². The summed E-state index contributed by atoms with van der Waals surface area (Å²) in [6, 6.07) is 19.9. The summed E-state index contributed by atoms with van der Waals surface area (Å²) in [4.78, 5) is 4.17. The average Bonchev–Trinajstić information content (AvgIpc) is 2.65. The minimum absolute atomic E-state index is 0. The Hall–Kier alpha value is -1.80. The number of benzene rings is 2. The number of nitrogens with one attached hydrogen (secondary N) is 2. The van der Waals surface area contributed by atoms with E-state index in [4.69, 9.17) is 9.47 Å². The smallest absolute Gasteiger partial charge is 0.191 e. The normalized spacial score (nSPS) is 10.7. The zero-order chi connectivity index (χ0) is 16.9. The molecule has 0 aliphatic heterocycles. The Balaban J connectivity index is 0.00000312. The number of halogens is 1. The van der Waals surface area contributed by atoms with Crippen molar-refractivity contribution in [1.29, 1.82) is 0 Å². The van der Waals surface area contributed by atoms with Crippen LogP contribution in [-0.2, 0) is 11.3 Å². The molecular formula is C19H26IN3O2. The monoisotopic (exact) mass is 455 g/mol. The molecule has 2 rings (SSSR count). The van der Waals surface area contributed by atoms with E-state index >= 15 is 0 Å². The Kier molecular flexibility index (Phi) is 11.5. The zero-order valence-electron chi connectivity index (χ0n) is 14.5. The van der Waals surface area contributed by atoms with E-state index < -0.39 is 0 Å². The molecule has 25 heavy (non-hydrogen) atoms. The van der Waals surface area contributed by atoms with Crippen LogP contribution >= 0.6 is 24.0 Å². The van der Waals surface area contributed by atoms with E-state index in [1.165, 1.54) is 5.56 Å². The Labute approximate surface area is 166 Å². The van der Waals surface area contributed by atoms with Crippen LogP contribution in [0.3, 0.4) is 0 Å². The van der Waals surface area contributed by atoms with Crippen LogP contribution in [0.5, 0.6) is 5.75 Å². The van der Waals surface area contributed by atoms with Crippen LogP contribution in [0.4, 0.5) is 0 Å². The van der Waals surface area contributed by atoms with Gasteiger partial charge >= 0.3 is 0 Å². The summed E-state index contributed by atoms with van der Waals surface area (Å²) in [6.45, 7) is 3.20. The molecule has 0 heterocycles. The molecule has 6 heteroatoms. The predicted molar refractivity (Wildman–Crippen MR) is 113 cm³/mol. The lowest BCUT2D eigenvalue weighted by Crippen LogP contribution is -2.40. The molecule has 0 radical (unpaired) electrons. The second kappa shape index (κ2) is 13.5. The lowest BCUT2D eigenvalue weighted by molar-refractivity contribution is 0.125. The van der Waals surface area contributed by atoms with Crippen molar-refractivity contribution < 1.29 is 9.47 Å². The van der Waals surface area contributed by atoms with Crippen LogP contribution < -0.4 is 15.4 Å². The van der Waals surface area contributed by atoms with Crippen molar-refractivity contribution in [1.82, 2.24) is 10.6 Å². The van der Waals surface area contributed by atoms with Gasteiger partial charge in [0.2, 0.25) is 0 Å². The van der Waals surface area contributed by atoms with Crippen molar-refractivity contribution in [3.8, 4) is 5.75 Å².